The first-order valence-corrected chi connectivity index (χ1v) is 8.53. The highest BCUT2D eigenvalue weighted by Gasteiger charge is 2.28. The Bertz CT molecular complexity index is 443. The zero-order valence-corrected chi connectivity index (χ0v) is 13.7. The van der Waals surface area contributed by atoms with Gasteiger partial charge in [0.2, 0.25) is 0 Å². The molecule has 0 aliphatic carbocycles. The third-order valence-corrected chi connectivity index (χ3v) is 5.32. The molecule has 1 aromatic carbocycles. The van der Waals surface area contributed by atoms with Gasteiger partial charge in [-0.1, -0.05) is 24.6 Å². The van der Waals surface area contributed by atoms with Crippen LogP contribution >= 0.6 is 39.3 Å². The molecule has 2 rings (SSSR count). The maximum atomic E-state index is 14.3. The standard InChI is InChI=1S/C13H16BrClFNOS/c1-2-17-13(10-7-19-6-5-18-10)8-3-4-9(14)11(15)12(8)16/h3-4,10,13,17H,2,5-7H2,1H3. The molecule has 1 saturated heterocycles. The number of rotatable bonds is 4. The Morgan fingerprint density at radius 1 is 1.63 bits per heavy atom. The zero-order valence-electron chi connectivity index (χ0n) is 10.6. The van der Waals surface area contributed by atoms with Crippen LogP contribution in [0.2, 0.25) is 5.02 Å². The van der Waals surface area contributed by atoms with Gasteiger partial charge in [-0.2, -0.15) is 11.8 Å². The van der Waals surface area contributed by atoms with Gasteiger partial charge in [0.25, 0.3) is 0 Å². The van der Waals surface area contributed by atoms with E-state index in [0.717, 1.165) is 18.1 Å². The first-order chi connectivity index (χ1) is 9.15. The molecule has 19 heavy (non-hydrogen) atoms. The monoisotopic (exact) mass is 367 g/mol. The van der Waals surface area contributed by atoms with Gasteiger partial charge in [0.1, 0.15) is 5.82 Å². The third-order valence-electron chi connectivity index (χ3n) is 3.04. The molecule has 1 heterocycles. The van der Waals surface area contributed by atoms with E-state index in [1.165, 1.54) is 0 Å². The summed E-state index contributed by atoms with van der Waals surface area (Å²) in [6.45, 7) is 3.47. The second kappa shape index (κ2) is 7.27. The van der Waals surface area contributed by atoms with Crippen molar-refractivity contribution in [1.82, 2.24) is 5.32 Å². The van der Waals surface area contributed by atoms with Crippen LogP contribution in [0.1, 0.15) is 18.5 Å². The van der Waals surface area contributed by atoms with Crippen molar-refractivity contribution < 1.29 is 9.13 Å². The topological polar surface area (TPSA) is 21.3 Å². The molecule has 0 saturated carbocycles. The summed E-state index contributed by atoms with van der Waals surface area (Å²) in [5.41, 5.74) is 0.572. The van der Waals surface area contributed by atoms with Crippen LogP contribution in [0.15, 0.2) is 16.6 Å². The van der Waals surface area contributed by atoms with E-state index >= 15 is 0 Å². The van der Waals surface area contributed by atoms with E-state index in [-0.39, 0.29) is 23.0 Å². The third kappa shape index (κ3) is 3.64. The van der Waals surface area contributed by atoms with Crippen molar-refractivity contribution in [2.45, 2.75) is 19.1 Å². The van der Waals surface area contributed by atoms with Gasteiger partial charge in [0.15, 0.2) is 0 Å². The molecular weight excluding hydrogens is 353 g/mol. The summed E-state index contributed by atoms with van der Waals surface area (Å²) in [6, 6.07) is 3.38. The summed E-state index contributed by atoms with van der Waals surface area (Å²) in [4.78, 5) is 0. The van der Waals surface area contributed by atoms with E-state index in [2.05, 4.69) is 21.2 Å². The Hall–Kier alpha value is 0.190. The first-order valence-electron chi connectivity index (χ1n) is 6.21. The fraction of sp³-hybridized carbons (Fsp3) is 0.538. The zero-order chi connectivity index (χ0) is 13.8. The maximum absolute atomic E-state index is 14.3. The van der Waals surface area contributed by atoms with Gasteiger partial charge in [0, 0.05) is 21.5 Å². The van der Waals surface area contributed by atoms with Gasteiger partial charge in [-0.05, 0) is 28.5 Å². The number of thioether (sulfide) groups is 1. The second-order valence-corrected chi connectivity index (χ2v) is 6.67. The van der Waals surface area contributed by atoms with E-state index in [1.54, 1.807) is 12.1 Å². The Morgan fingerprint density at radius 2 is 2.42 bits per heavy atom. The fourth-order valence-electron chi connectivity index (χ4n) is 2.14. The van der Waals surface area contributed by atoms with E-state index in [1.807, 2.05) is 18.7 Å². The van der Waals surface area contributed by atoms with Gasteiger partial charge in [-0.15, -0.1) is 0 Å². The number of hydrogen-bond donors (Lipinski definition) is 1. The molecule has 2 unspecified atom stereocenters. The average Bonchev–Trinajstić information content (AvgIpc) is 2.44. The van der Waals surface area contributed by atoms with Crippen molar-refractivity contribution >= 4 is 39.3 Å². The highest BCUT2D eigenvalue weighted by atomic mass is 79.9. The number of ether oxygens (including phenoxy) is 1. The molecule has 0 amide bonds. The summed E-state index contributed by atoms with van der Waals surface area (Å²) in [5.74, 6) is 1.49. The van der Waals surface area contributed by atoms with Crippen LogP contribution in [-0.2, 0) is 4.74 Å². The maximum Gasteiger partial charge on any atom is 0.147 e. The summed E-state index contributed by atoms with van der Waals surface area (Å²) in [5, 5.41) is 3.43. The smallest absolute Gasteiger partial charge is 0.147 e. The van der Waals surface area contributed by atoms with Crippen LogP contribution < -0.4 is 5.32 Å². The lowest BCUT2D eigenvalue weighted by atomic mass is 10.0. The molecule has 1 aliphatic rings. The SMILES string of the molecule is CCNC(c1ccc(Br)c(Cl)c1F)C1CSCCO1. The summed E-state index contributed by atoms with van der Waals surface area (Å²) < 4.78 is 20.7. The van der Waals surface area contributed by atoms with Crippen molar-refractivity contribution in [1.29, 1.82) is 0 Å². The molecule has 2 atom stereocenters. The molecule has 0 spiro atoms. The predicted molar refractivity (Wildman–Crippen MR) is 82.6 cm³/mol. The second-order valence-electron chi connectivity index (χ2n) is 4.28. The molecule has 6 heteroatoms. The van der Waals surface area contributed by atoms with Gasteiger partial charge >= 0.3 is 0 Å². The average molecular weight is 369 g/mol. The van der Waals surface area contributed by atoms with Crippen molar-refractivity contribution in [3.05, 3.63) is 33.0 Å². The van der Waals surface area contributed by atoms with Crippen LogP contribution in [0.25, 0.3) is 0 Å². The number of halogens is 3. The lowest BCUT2D eigenvalue weighted by Crippen LogP contribution is -2.38. The largest absolute Gasteiger partial charge is 0.375 e. The van der Waals surface area contributed by atoms with Gasteiger partial charge < -0.3 is 10.1 Å². The molecule has 106 valence electrons. The van der Waals surface area contributed by atoms with E-state index in [0.29, 0.717) is 16.6 Å². The summed E-state index contributed by atoms with van der Waals surface area (Å²) in [7, 11) is 0. The fourth-order valence-corrected chi connectivity index (χ4v) is 3.52. The Labute approximate surface area is 130 Å². The van der Waals surface area contributed by atoms with Crippen LogP contribution in [0.4, 0.5) is 4.39 Å². The lowest BCUT2D eigenvalue weighted by Gasteiger charge is -2.31. The van der Waals surface area contributed by atoms with E-state index in [4.69, 9.17) is 16.3 Å². The van der Waals surface area contributed by atoms with Crippen molar-refractivity contribution in [2.75, 3.05) is 24.7 Å². The minimum absolute atomic E-state index is 0.0227. The summed E-state index contributed by atoms with van der Waals surface area (Å²) in [6.07, 6.45) is -0.0227. The minimum atomic E-state index is -0.374. The molecule has 1 aromatic rings. The predicted octanol–water partition coefficient (Wildman–Crippen LogP) is 4.02. The lowest BCUT2D eigenvalue weighted by molar-refractivity contribution is 0.0463. The molecule has 1 N–H and O–H groups in total. The highest BCUT2D eigenvalue weighted by molar-refractivity contribution is 9.10. The van der Waals surface area contributed by atoms with Crippen molar-refractivity contribution in [2.24, 2.45) is 0 Å². The Morgan fingerprint density at radius 3 is 3.05 bits per heavy atom. The van der Waals surface area contributed by atoms with Crippen molar-refractivity contribution in [3.63, 3.8) is 0 Å². The summed E-state index contributed by atoms with van der Waals surface area (Å²) >= 11 is 11.0. The minimum Gasteiger partial charge on any atom is -0.375 e. The normalized spacial score (nSPS) is 21.4. The van der Waals surface area contributed by atoms with Gasteiger partial charge in [-0.3, -0.25) is 0 Å². The molecule has 0 aromatic heterocycles. The van der Waals surface area contributed by atoms with E-state index < -0.39 is 0 Å². The Kier molecular flexibility index (Phi) is 5.96. The van der Waals surface area contributed by atoms with Crippen LogP contribution in [0.3, 0.4) is 0 Å². The quantitative estimate of drug-likeness (QED) is 0.811. The van der Waals surface area contributed by atoms with Gasteiger partial charge in [0.05, 0.1) is 23.8 Å². The number of likely N-dealkylation sites (N-methyl/N-ethyl adjacent to an activating group) is 1. The van der Waals surface area contributed by atoms with E-state index in [9.17, 15) is 4.39 Å². The van der Waals surface area contributed by atoms with Crippen LogP contribution in [-0.4, -0.2) is 30.8 Å². The first kappa shape index (κ1) is 15.6. The molecule has 0 radical (unpaired) electrons. The highest BCUT2D eigenvalue weighted by Crippen LogP contribution is 2.33. The molecule has 2 nitrogen and oxygen atoms in total. The molecule has 0 bridgehead atoms. The van der Waals surface area contributed by atoms with Crippen molar-refractivity contribution in [3.8, 4) is 0 Å². The Balaban J connectivity index is 2.30. The molecule has 1 fully saturated rings. The number of hydrogen-bond acceptors (Lipinski definition) is 3. The van der Waals surface area contributed by atoms with Crippen LogP contribution in [0.5, 0.6) is 0 Å². The van der Waals surface area contributed by atoms with Gasteiger partial charge in [-0.25, -0.2) is 4.39 Å². The number of benzene rings is 1. The molecule has 1 aliphatic heterocycles. The number of nitrogens with one attached hydrogen (secondary N) is 1. The van der Waals surface area contributed by atoms with Crippen LogP contribution in [0, 0.1) is 5.82 Å². The molecular formula is C13H16BrClFNOS.